The van der Waals surface area contributed by atoms with Crippen LogP contribution in [0.4, 0.5) is 13.2 Å². The molecule has 166 valence electrons. The van der Waals surface area contributed by atoms with E-state index in [9.17, 15) is 18.0 Å². The van der Waals surface area contributed by atoms with Crippen molar-refractivity contribution in [3.05, 3.63) is 22.8 Å². The van der Waals surface area contributed by atoms with Gasteiger partial charge < -0.3 is 14.8 Å². The highest BCUT2D eigenvalue weighted by Gasteiger charge is 2.37. The molecule has 1 atom stereocenters. The summed E-state index contributed by atoms with van der Waals surface area (Å²) in [4.78, 5) is 19.7. The molecule has 30 heavy (non-hydrogen) atoms. The quantitative estimate of drug-likeness (QED) is 0.616. The molecule has 1 unspecified atom stereocenters. The van der Waals surface area contributed by atoms with Crippen LogP contribution in [0.15, 0.2) is 0 Å². The molecular formula is C19H26F3N5O3. The number of alkyl halides is 3. The number of hydrogen-bond acceptors (Lipinski definition) is 6. The standard InChI is InChI=1S/C19H26F3N5O3/c1-12-15(13(2)27-18(24-12)25-17(26-27)19(20,21)22)6-7-16(28)23-8-4-9-29-11-14-5-3-10-30-14/h14H,3-11H2,1-2H3,(H,23,28). The first-order chi connectivity index (χ1) is 14.3. The Kier molecular flexibility index (Phi) is 7.24. The first-order valence-corrected chi connectivity index (χ1v) is 10.0. The van der Waals surface area contributed by atoms with E-state index < -0.39 is 12.0 Å². The molecule has 1 saturated heterocycles. The molecule has 1 N–H and O–H groups in total. The van der Waals surface area contributed by atoms with E-state index in [4.69, 9.17) is 9.47 Å². The monoisotopic (exact) mass is 429 g/mol. The van der Waals surface area contributed by atoms with Crippen LogP contribution in [0.5, 0.6) is 0 Å². The lowest BCUT2D eigenvalue weighted by atomic mass is 10.1. The van der Waals surface area contributed by atoms with Crippen molar-refractivity contribution in [3.8, 4) is 0 Å². The lowest BCUT2D eigenvalue weighted by Gasteiger charge is -2.11. The fourth-order valence-electron chi connectivity index (χ4n) is 3.41. The second-order valence-corrected chi connectivity index (χ2v) is 7.32. The zero-order valence-electron chi connectivity index (χ0n) is 17.1. The maximum atomic E-state index is 12.9. The van der Waals surface area contributed by atoms with Gasteiger partial charge in [0.2, 0.25) is 5.91 Å². The Morgan fingerprint density at radius 1 is 1.33 bits per heavy atom. The topological polar surface area (TPSA) is 90.6 Å². The summed E-state index contributed by atoms with van der Waals surface area (Å²) in [5.41, 5.74) is 1.73. The molecule has 0 spiro atoms. The predicted octanol–water partition coefficient (Wildman–Crippen LogP) is 2.39. The fraction of sp³-hybridized carbons (Fsp3) is 0.684. The highest BCUT2D eigenvalue weighted by atomic mass is 19.4. The van der Waals surface area contributed by atoms with E-state index in [-0.39, 0.29) is 24.2 Å². The molecule has 8 nitrogen and oxygen atoms in total. The number of nitrogens with one attached hydrogen (secondary N) is 1. The zero-order chi connectivity index (χ0) is 21.7. The summed E-state index contributed by atoms with van der Waals surface area (Å²) in [7, 11) is 0. The van der Waals surface area contributed by atoms with Crippen molar-refractivity contribution in [2.45, 2.75) is 58.2 Å². The van der Waals surface area contributed by atoms with Crippen LogP contribution in [0.1, 0.15) is 48.5 Å². The van der Waals surface area contributed by atoms with E-state index in [2.05, 4.69) is 20.4 Å². The molecule has 0 radical (unpaired) electrons. The number of halogens is 3. The van der Waals surface area contributed by atoms with Gasteiger partial charge in [-0.25, -0.2) is 9.50 Å². The van der Waals surface area contributed by atoms with Crippen molar-refractivity contribution in [2.24, 2.45) is 0 Å². The van der Waals surface area contributed by atoms with Crippen molar-refractivity contribution >= 4 is 11.7 Å². The third-order valence-corrected chi connectivity index (χ3v) is 5.02. The Labute approximate surface area is 172 Å². The fourth-order valence-corrected chi connectivity index (χ4v) is 3.41. The van der Waals surface area contributed by atoms with Crippen LogP contribution in [-0.2, 0) is 26.9 Å². The summed E-state index contributed by atoms with van der Waals surface area (Å²) < 4.78 is 50.7. The Morgan fingerprint density at radius 2 is 2.13 bits per heavy atom. The van der Waals surface area contributed by atoms with Gasteiger partial charge in [-0.3, -0.25) is 4.79 Å². The van der Waals surface area contributed by atoms with Crippen LogP contribution in [0.25, 0.3) is 5.78 Å². The number of fused-ring (bicyclic) bond motifs is 1. The molecule has 0 aromatic carbocycles. The molecule has 1 amide bonds. The molecule has 1 aliphatic heterocycles. The Balaban J connectivity index is 1.45. The van der Waals surface area contributed by atoms with E-state index in [1.54, 1.807) is 13.8 Å². The molecule has 0 bridgehead atoms. The van der Waals surface area contributed by atoms with E-state index in [0.717, 1.165) is 24.0 Å². The molecule has 2 aromatic rings. The van der Waals surface area contributed by atoms with Crippen LogP contribution in [-0.4, -0.2) is 58.0 Å². The molecule has 11 heteroatoms. The van der Waals surface area contributed by atoms with Crippen LogP contribution >= 0.6 is 0 Å². The highest BCUT2D eigenvalue weighted by Crippen LogP contribution is 2.27. The lowest BCUT2D eigenvalue weighted by molar-refractivity contribution is -0.144. The molecule has 1 aliphatic rings. The smallest absolute Gasteiger partial charge is 0.379 e. The van der Waals surface area contributed by atoms with Gasteiger partial charge in [-0.1, -0.05) is 0 Å². The number of carbonyl (C=O) groups excluding carboxylic acids is 1. The molecule has 0 saturated carbocycles. The number of amides is 1. The average molecular weight is 429 g/mol. The Hall–Kier alpha value is -2.27. The second kappa shape index (κ2) is 9.69. The third kappa shape index (κ3) is 5.66. The predicted molar refractivity (Wildman–Crippen MR) is 101 cm³/mol. The summed E-state index contributed by atoms with van der Waals surface area (Å²) in [6, 6.07) is 0. The normalized spacial score (nSPS) is 17.0. The summed E-state index contributed by atoms with van der Waals surface area (Å²) in [5, 5.41) is 6.34. The van der Waals surface area contributed by atoms with Gasteiger partial charge in [-0.2, -0.15) is 18.2 Å². The first-order valence-electron chi connectivity index (χ1n) is 10.0. The molecular weight excluding hydrogens is 403 g/mol. The Bertz CT molecular complexity index is 878. The minimum Gasteiger partial charge on any atom is -0.379 e. The minimum atomic E-state index is -4.64. The summed E-state index contributed by atoms with van der Waals surface area (Å²) in [6.07, 6.45) is -1.09. The van der Waals surface area contributed by atoms with Crippen molar-refractivity contribution in [2.75, 3.05) is 26.4 Å². The number of aromatic nitrogens is 4. The summed E-state index contributed by atoms with van der Waals surface area (Å²) >= 11 is 0. The van der Waals surface area contributed by atoms with E-state index in [1.165, 1.54) is 0 Å². The average Bonchev–Trinajstić information content (AvgIpc) is 3.33. The number of nitrogens with zero attached hydrogens (tertiary/aromatic N) is 4. The van der Waals surface area contributed by atoms with Crippen molar-refractivity contribution < 1.29 is 27.4 Å². The number of carbonyl (C=O) groups is 1. The van der Waals surface area contributed by atoms with Gasteiger partial charge in [-0.05, 0) is 45.1 Å². The van der Waals surface area contributed by atoms with Gasteiger partial charge in [0.25, 0.3) is 11.6 Å². The SMILES string of the molecule is Cc1nc2nc(C(F)(F)F)nn2c(C)c1CCC(=O)NCCCOCC1CCCO1. The first kappa shape index (κ1) is 22.4. The third-order valence-electron chi connectivity index (χ3n) is 5.02. The van der Waals surface area contributed by atoms with Gasteiger partial charge in [0.1, 0.15) is 0 Å². The molecule has 2 aromatic heterocycles. The molecule has 0 aliphatic carbocycles. The molecule has 3 rings (SSSR count). The number of ether oxygens (including phenoxy) is 2. The van der Waals surface area contributed by atoms with E-state index in [1.807, 2.05) is 0 Å². The summed E-state index contributed by atoms with van der Waals surface area (Å²) in [5.74, 6) is -1.47. The zero-order valence-corrected chi connectivity index (χ0v) is 17.1. The second-order valence-electron chi connectivity index (χ2n) is 7.32. The molecule has 3 heterocycles. The van der Waals surface area contributed by atoms with Crippen molar-refractivity contribution in [1.29, 1.82) is 0 Å². The number of rotatable bonds is 9. The van der Waals surface area contributed by atoms with Crippen molar-refractivity contribution in [1.82, 2.24) is 24.9 Å². The van der Waals surface area contributed by atoms with Crippen LogP contribution < -0.4 is 5.32 Å². The number of hydrogen-bond donors (Lipinski definition) is 1. The van der Waals surface area contributed by atoms with E-state index >= 15 is 0 Å². The van der Waals surface area contributed by atoms with Crippen molar-refractivity contribution in [3.63, 3.8) is 0 Å². The van der Waals surface area contributed by atoms with Gasteiger partial charge >= 0.3 is 6.18 Å². The van der Waals surface area contributed by atoms with Crippen LogP contribution in [0, 0.1) is 13.8 Å². The summed E-state index contributed by atoms with van der Waals surface area (Å²) in [6.45, 7) is 5.76. The lowest BCUT2D eigenvalue weighted by Crippen LogP contribution is -2.26. The highest BCUT2D eigenvalue weighted by molar-refractivity contribution is 5.76. The maximum Gasteiger partial charge on any atom is 0.453 e. The Morgan fingerprint density at radius 3 is 2.83 bits per heavy atom. The van der Waals surface area contributed by atoms with Crippen LogP contribution in [0.3, 0.4) is 0 Å². The molecule has 1 fully saturated rings. The van der Waals surface area contributed by atoms with Gasteiger partial charge in [0.05, 0.1) is 12.7 Å². The van der Waals surface area contributed by atoms with Gasteiger partial charge in [-0.15, -0.1) is 5.10 Å². The van der Waals surface area contributed by atoms with Crippen LogP contribution in [0.2, 0.25) is 0 Å². The van der Waals surface area contributed by atoms with Gasteiger partial charge in [0.15, 0.2) is 0 Å². The number of aryl methyl sites for hydroxylation is 2. The minimum absolute atomic E-state index is 0.103. The van der Waals surface area contributed by atoms with E-state index in [0.29, 0.717) is 49.6 Å². The maximum absolute atomic E-state index is 12.9. The largest absolute Gasteiger partial charge is 0.453 e. The van der Waals surface area contributed by atoms with Gasteiger partial charge in [0, 0.05) is 37.6 Å².